The monoisotopic (exact) mass is 469 g/mol. The summed E-state index contributed by atoms with van der Waals surface area (Å²) in [6.07, 6.45) is 1.68. The summed E-state index contributed by atoms with van der Waals surface area (Å²) in [7, 11) is 1.66. The first-order valence-corrected chi connectivity index (χ1v) is 12.1. The molecule has 1 fully saturated rings. The van der Waals surface area contributed by atoms with Crippen LogP contribution in [0.3, 0.4) is 0 Å². The Morgan fingerprint density at radius 2 is 1.77 bits per heavy atom. The SMILES string of the molecule is CCN(CC)c1ccc([C@H]2CN(Cc3ccc(OC)cc3)C(=O)N2c2ccc3[nH]cnc3c2)cc1. The minimum absolute atomic E-state index is 0.00600. The van der Waals surface area contributed by atoms with Gasteiger partial charge in [0, 0.05) is 37.6 Å². The first-order valence-electron chi connectivity index (χ1n) is 12.1. The molecule has 2 heterocycles. The summed E-state index contributed by atoms with van der Waals surface area (Å²) in [5, 5.41) is 0. The van der Waals surface area contributed by atoms with E-state index in [1.54, 1.807) is 13.4 Å². The smallest absolute Gasteiger partial charge is 0.325 e. The van der Waals surface area contributed by atoms with Crippen LogP contribution < -0.4 is 14.5 Å². The van der Waals surface area contributed by atoms with Gasteiger partial charge < -0.3 is 19.5 Å². The maximum Gasteiger partial charge on any atom is 0.325 e. The number of nitrogens with one attached hydrogen (secondary N) is 1. The fraction of sp³-hybridized carbons (Fsp3) is 0.286. The van der Waals surface area contributed by atoms with Crippen LogP contribution in [0.2, 0.25) is 0 Å². The number of H-pyrrole nitrogens is 1. The number of ether oxygens (including phenoxy) is 1. The zero-order valence-electron chi connectivity index (χ0n) is 20.4. The van der Waals surface area contributed by atoms with Crippen molar-refractivity contribution in [1.82, 2.24) is 14.9 Å². The third kappa shape index (κ3) is 4.41. The van der Waals surface area contributed by atoms with Crippen LogP contribution in [0, 0.1) is 0 Å². The van der Waals surface area contributed by atoms with Crippen molar-refractivity contribution >= 4 is 28.4 Å². The van der Waals surface area contributed by atoms with Crippen molar-refractivity contribution in [1.29, 1.82) is 0 Å². The van der Waals surface area contributed by atoms with Gasteiger partial charge in [-0.2, -0.15) is 0 Å². The summed E-state index contributed by atoms with van der Waals surface area (Å²) in [6.45, 7) is 7.40. The molecule has 5 rings (SSSR count). The summed E-state index contributed by atoms with van der Waals surface area (Å²) >= 11 is 0. The Bertz CT molecular complexity index is 1300. The summed E-state index contributed by atoms with van der Waals surface area (Å²) < 4.78 is 5.28. The molecule has 0 spiro atoms. The second kappa shape index (κ2) is 9.70. The van der Waals surface area contributed by atoms with Gasteiger partial charge in [-0.1, -0.05) is 24.3 Å². The number of imidazole rings is 1. The molecule has 3 aromatic carbocycles. The van der Waals surface area contributed by atoms with Gasteiger partial charge in [-0.3, -0.25) is 4.90 Å². The van der Waals surface area contributed by atoms with Crippen molar-refractivity contribution in [2.45, 2.75) is 26.4 Å². The lowest BCUT2D eigenvalue weighted by molar-refractivity contribution is 0.218. The molecule has 0 bridgehead atoms. The van der Waals surface area contributed by atoms with Gasteiger partial charge in [-0.25, -0.2) is 9.78 Å². The van der Waals surface area contributed by atoms with Crippen LogP contribution in [0.4, 0.5) is 16.2 Å². The van der Waals surface area contributed by atoms with Crippen molar-refractivity contribution in [3.8, 4) is 5.75 Å². The number of urea groups is 1. The number of benzene rings is 3. The number of nitrogens with zero attached hydrogens (tertiary/aromatic N) is 4. The zero-order chi connectivity index (χ0) is 24.4. The minimum atomic E-state index is -0.0945. The number of carbonyl (C=O) groups excluding carboxylic acids is 1. The Kier molecular flexibility index (Phi) is 6.31. The Labute approximate surface area is 205 Å². The van der Waals surface area contributed by atoms with Crippen LogP contribution in [0.5, 0.6) is 5.75 Å². The molecule has 7 heteroatoms. The number of hydrogen-bond donors (Lipinski definition) is 1. The van der Waals surface area contributed by atoms with E-state index in [2.05, 4.69) is 53.0 Å². The van der Waals surface area contributed by atoms with Gasteiger partial charge in [0.2, 0.25) is 0 Å². The predicted molar refractivity (Wildman–Crippen MR) is 140 cm³/mol. The number of aromatic amines is 1. The molecule has 2 amide bonds. The number of rotatable bonds is 8. The van der Waals surface area contributed by atoms with E-state index in [0.29, 0.717) is 13.1 Å². The van der Waals surface area contributed by atoms with E-state index in [0.717, 1.165) is 46.7 Å². The molecule has 1 aliphatic rings. The van der Waals surface area contributed by atoms with E-state index in [-0.39, 0.29) is 12.1 Å². The van der Waals surface area contributed by atoms with Crippen LogP contribution in [-0.2, 0) is 6.54 Å². The number of fused-ring (bicyclic) bond motifs is 1. The highest BCUT2D eigenvalue weighted by Gasteiger charge is 2.39. The Morgan fingerprint density at radius 3 is 2.46 bits per heavy atom. The molecule has 35 heavy (non-hydrogen) atoms. The number of carbonyl (C=O) groups is 1. The number of hydrogen-bond acceptors (Lipinski definition) is 4. The molecule has 4 aromatic rings. The number of aromatic nitrogens is 2. The van der Waals surface area contributed by atoms with Gasteiger partial charge in [-0.15, -0.1) is 0 Å². The van der Waals surface area contributed by atoms with Crippen LogP contribution in [-0.4, -0.2) is 47.6 Å². The van der Waals surface area contributed by atoms with Gasteiger partial charge in [0.15, 0.2) is 0 Å². The molecular weight excluding hydrogens is 438 g/mol. The molecule has 0 radical (unpaired) electrons. The molecule has 1 atom stereocenters. The quantitative estimate of drug-likeness (QED) is 0.365. The van der Waals surface area contributed by atoms with Gasteiger partial charge >= 0.3 is 6.03 Å². The maximum atomic E-state index is 13.8. The minimum Gasteiger partial charge on any atom is -0.497 e. The summed E-state index contributed by atoms with van der Waals surface area (Å²) in [4.78, 5) is 27.4. The summed E-state index contributed by atoms with van der Waals surface area (Å²) in [6, 6.07) is 22.4. The van der Waals surface area contributed by atoms with Crippen molar-refractivity contribution in [3.05, 3.63) is 84.2 Å². The van der Waals surface area contributed by atoms with Crippen molar-refractivity contribution < 1.29 is 9.53 Å². The molecule has 0 aliphatic carbocycles. The molecule has 0 saturated carbocycles. The van der Waals surface area contributed by atoms with Crippen molar-refractivity contribution in [2.75, 3.05) is 36.5 Å². The maximum absolute atomic E-state index is 13.8. The number of amides is 2. The second-order valence-corrected chi connectivity index (χ2v) is 8.76. The molecule has 1 saturated heterocycles. The first kappa shape index (κ1) is 22.8. The third-order valence-electron chi connectivity index (χ3n) is 6.80. The topological polar surface area (TPSA) is 64.7 Å². The molecule has 180 valence electrons. The lowest BCUT2D eigenvalue weighted by Crippen LogP contribution is -2.32. The largest absolute Gasteiger partial charge is 0.497 e. The van der Waals surface area contributed by atoms with Crippen LogP contribution in [0.25, 0.3) is 11.0 Å². The number of anilines is 2. The Morgan fingerprint density at radius 1 is 1.03 bits per heavy atom. The lowest BCUT2D eigenvalue weighted by atomic mass is 10.0. The second-order valence-electron chi connectivity index (χ2n) is 8.76. The van der Waals surface area contributed by atoms with Crippen molar-refractivity contribution in [2.24, 2.45) is 0 Å². The Hall–Kier alpha value is -4.00. The van der Waals surface area contributed by atoms with Crippen LogP contribution >= 0.6 is 0 Å². The first-order chi connectivity index (χ1) is 17.1. The standard InChI is InChI=1S/C28H31N5O2/c1-4-31(5-2)22-10-8-21(9-11-22)27-18-32(17-20-6-13-24(35-3)14-7-20)28(34)33(27)23-12-15-25-26(16-23)30-19-29-25/h6-16,19,27H,4-5,17-18H2,1-3H3,(H,29,30)/t27-/m1/s1. The fourth-order valence-electron chi connectivity index (χ4n) is 4.85. The van der Waals surface area contributed by atoms with Gasteiger partial charge in [0.05, 0.1) is 30.5 Å². The fourth-order valence-corrected chi connectivity index (χ4v) is 4.85. The normalized spacial score (nSPS) is 15.7. The molecule has 7 nitrogen and oxygen atoms in total. The third-order valence-corrected chi connectivity index (χ3v) is 6.80. The van der Waals surface area contributed by atoms with Gasteiger partial charge in [0.1, 0.15) is 5.75 Å². The van der Waals surface area contributed by atoms with E-state index in [4.69, 9.17) is 4.74 Å². The van der Waals surface area contributed by atoms with Crippen LogP contribution in [0.1, 0.15) is 31.0 Å². The summed E-state index contributed by atoms with van der Waals surface area (Å²) in [5.41, 5.74) is 6.04. The molecular formula is C28H31N5O2. The summed E-state index contributed by atoms with van der Waals surface area (Å²) in [5.74, 6) is 0.807. The van der Waals surface area contributed by atoms with Gasteiger partial charge in [0.25, 0.3) is 0 Å². The van der Waals surface area contributed by atoms with E-state index >= 15 is 0 Å². The Balaban J connectivity index is 1.48. The van der Waals surface area contributed by atoms with E-state index in [1.165, 1.54) is 5.69 Å². The molecule has 1 aromatic heterocycles. The van der Waals surface area contributed by atoms with E-state index < -0.39 is 0 Å². The van der Waals surface area contributed by atoms with E-state index in [9.17, 15) is 4.79 Å². The highest BCUT2D eigenvalue weighted by Crippen LogP contribution is 2.37. The molecule has 0 unspecified atom stereocenters. The average molecular weight is 470 g/mol. The van der Waals surface area contributed by atoms with Crippen LogP contribution in [0.15, 0.2) is 73.1 Å². The highest BCUT2D eigenvalue weighted by atomic mass is 16.5. The number of methoxy groups -OCH3 is 1. The van der Waals surface area contributed by atoms with Gasteiger partial charge in [-0.05, 0) is 67.4 Å². The molecule has 1 N–H and O–H groups in total. The molecule has 1 aliphatic heterocycles. The average Bonchev–Trinajstić information content (AvgIpc) is 3.49. The van der Waals surface area contributed by atoms with Crippen molar-refractivity contribution in [3.63, 3.8) is 0 Å². The predicted octanol–water partition coefficient (Wildman–Crippen LogP) is 5.60. The zero-order valence-corrected chi connectivity index (χ0v) is 20.4. The van der Waals surface area contributed by atoms with E-state index in [1.807, 2.05) is 52.3 Å². The lowest BCUT2D eigenvalue weighted by Gasteiger charge is -2.25. The highest BCUT2D eigenvalue weighted by molar-refractivity contribution is 5.97.